The van der Waals surface area contributed by atoms with Gasteiger partial charge in [-0.05, 0) is 74.5 Å². The minimum absolute atomic E-state index is 0.544. The van der Waals surface area contributed by atoms with Gasteiger partial charge >= 0.3 is 0 Å². The lowest BCUT2D eigenvalue weighted by atomic mass is 9.49. The Morgan fingerprint density at radius 1 is 1.00 bits per heavy atom. The third-order valence-electron chi connectivity index (χ3n) is 6.70. The van der Waals surface area contributed by atoms with Gasteiger partial charge in [0.2, 0.25) is 0 Å². The Kier molecular flexibility index (Phi) is 2.91. The van der Waals surface area contributed by atoms with Gasteiger partial charge in [-0.15, -0.1) is 0 Å². The van der Waals surface area contributed by atoms with Gasteiger partial charge in [0.15, 0.2) is 0 Å². The Morgan fingerprint density at radius 3 is 1.95 bits per heavy atom. The third-order valence-corrected chi connectivity index (χ3v) is 6.70. The highest BCUT2D eigenvalue weighted by Gasteiger charge is 2.51. The summed E-state index contributed by atoms with van der Waals surface area (Å²) in [6.07, 6.45) is 10.8. The number of hydrogen-bond acceptors (Lipinski definition) is 3. The van der Waals surface area contributed by atoms with E-state index in [9.17, 15) is 0 Å². The van der Waals surface area contributed by atoms with Crippen LogP contribution in [0.2, 0.25) is 0 Å². The molecule has 4 bridgehead atoms. The largest absolute Gasteiger partial charge is 0.313 e. The molecule has 4 aliphatic carbocycles. The van der Waals surface area contributed by atoms with Crippen LogP contribution in [0, 0.1) is 34.5 Å². The molecule has 0 aromatic rings. The molecule has 4 saturated carbocycles. The number of piperidine rings is 1. The maximum absolute atomic E-state index is 9.15. The zero-order chi connectivity index (χ0) is 13.8. The predicted octanol–water partition coefficient (Wildman–Crippen LogP) is 2.52. The van der Waals surface area contributed by atoms with Crippen LogP contribution < -0.4 is 5.73 Å². The number of hydrogen-bond donors (Lipinski definition) is 1. The van der Waals surface area contributed by atoms with Gasteiger partial charge in [0.25, 0.3) is 0 Å². The highest BCUT2D eigenvalue weighted by Crippen LogP contribution is 2.60. The van der Waals surface area contributed by atoms with Crippen molar-refractivity contribution in [3.05, 3.63) is 0 Å². The third kappa shape index (κ3) is 2.18. The maximum Gasteiger partial charge on any atom is 0.106 e. The molecule has 110 valence electrons. The van der Waals surface area contributed by atoms with E-state index >= 15 is 0 Å². The summed E-state index contributed by atoms with van der Waals surface area (Å²) in [6, 6.07) is 2.31. The summed E-state index contributed by atoms with van der Waals surface area (Å²) in [4.78, 5) is 2.62. The van der Waals surface area contributed by atoms with Crippen molar-refractivity contribution in [1.82, 2.24) is 4.90 Å². The van der Waals surface area contributed by atoms with Gasteiger partial charge in [0.1, 0.15) is 5.54 Å². The smallest absolute Gasteiger partial charge is 0.106 e. The minimum Gasteiger partial charge on any atom is -0.313 e. The average molecular weight is 273 g/mol. The molecular formula is C17H27N3. The molecule has 1 heterocycles. The van der Waals surface area contributed by atoms with Crippen LogP contribution in [0.1, 0.15) is 51.4 Å². The van der Waals surface area contributed by atoms with E-state index in [1.165, 1.54) is 45.1 Å². The first-order valence-corrected chi connectivity index (χ1v) is 8.51. The number of nitriles is 1. The maximum atomic E-state index is 9.15. The van der Waals surface area contributed by atoms with Crippen LogP contribution in [0.3, 0.4) is 0 Å². The number of nitrogens with zero attached hydrogens (tertiary/aromatic N) is 2. The first-order valence-electron chi connectivity index (χ1n) is 8.51. The molecule has 20 heavy (non-hydrogen) atoms. The lowest BCUT2D eigenvalue weighted by molar-refractivity contribution is -0.0721. The Labute approximate surface area is 122 Å². The Bertz CT molecular complexity index is 393. The Morgan fingerprint density at radius 2 is 1.50 bits per heavy atom. The van der Waals surface area contributed by atoms with Crippen LogP contribution in [0.5, 0.6) is 0 Å². The van der Waals surface area contributed by atoms with Crippen LogP contribution in [0.4, 0.5) is 0 Å². The predicted molar refractivity (Wildman–Crippen MR) is 78.8 cm³/mol. The lowest BCUT2D eigenvalue weighted by Gasteiger charge is -2.58. The fourth-order valence-electron chi connectivity index (χ4n) is 6.18. The van der Waals surface area contributed by atoms with E-state index in [2.05, 4.69) is 11.0 Å². The average Bonchev–Trinajstić information content (AvgIpc) is 2.40. The molecule has 0 spiro atoms. The van der Waals surface area contributed by atoms with Crippen molar-refractivity contribution in [1.29, 1.82) is 5.26 Å². The summed E-state index contributed by atoms with van der Waals surface area (Å²) in [5.74, 6) is 3.12. The standard InChI is InChI=1S/C17H27N3/c18-11-17(19)1-3-20(4-2-17)12-16-8-13-5-14(9-16)7-15(6-13)10-16/h13-15H,1-10,12,19H2. The van der Waals surface area contributed by atoms with E-state index < -0.39 is 5.54 Å². The first kappa shape index (κ1) is 13.1. The van der Waals surface area contributed by atoms with E-state index in [0.29, 0.717) is 5.41 Å². The SMILES string of the molecule is N#CC1(N)CCN(CC23CC4CC(CC(C4)C2)C3)CC1. The Hall–Kier alpha value is -0.590. The molecule has 5 rings (SSSR count). The van der Waals surface area contributed by atoms with E-state index in [-0.39, 0.29) is 0 Å². The van der Waals surface area contributed by atoms with Crippen molar-refractivity contribution >= 4 is 0 Å². The second-order valence-electron chi connectivity index (χ2n) is 8.46. The number of nitrogens with two attached hydrogens (primary N) is 1. The van der Waals surface area contributed by atoms with Crippen molar-refractivity contribution < 1.29 is 0 Å². The van der Waals surface area contributed by atoms with E-state index in [1.807, 2.05) is 0 Å². The fraction of sp³-hybridized carbons (Fsp3) is 0.941. The zero-order valence-electron chi connectivity index (χ0n) is 12.5. The normalized spacial score (nSPS) is 46.3. The van der Waals surface area contributed by atoms with Gasteiger partial charge in [-0.25, -0.2) is 0 Å². The molecule has 0 aromatic heterocycles. The molecule has 3 nitrogen and oxygen atoms in total. The van der Waals surface area contributed by atoms with Gasteiger partial charge in [0, 0.05) is 19.6 Å². The summed E-state index contributed by atoms with van der Waals surface area (Å²) >= 11 is 0. The van der Waals surface area contributed by atoms with Crippen LogP contribution in [0.15, 0.2) is 0 Å². The fourth-order valence-corrected chi connectivity index (χ4v) is 6.18. The number of rotatable bonds is 2. The molecule has 5 aliphatic rings. The monoisotopic (exact) mass is 273 g/mol. The molecule has 1 saturated heterocycles. The lowest BCUT2D eigenvalue weighted by Crippen LogP contribution is -2.55. The molecule has 1 aliphatic heterocycles. The van der Waals surface area contributed by atoms with E-state index in [4.69, 9.17) is 11.0 Å². The van der Waals surface area contributed by atoms with Crippen molar-refractivity contribution in [3.63, 3.8) is 0 Å². The first-order chi connectivity index (χ1) is 9.58. The second-order valence-corrected chi connectivity index (χ2v) is 8.46. The molecule has 0 amide bonds. The topological polar surface area (TPSA) is 53.1 Å². The summed E-state index contributed by atoms with van der Waals surface area (Å²) in [7, 11) is 0. The molecule has 0 radical (unpaired) electrons. The van der Waals surface area contributed by atoms with E-state index in [0.717, 1.165) is 43.7 Å². The molecule has 0 aromatic carbocycles. The van der Waals surface area contributed by atoms with Gasteiger partial charge in [0.05, 0.1) is 6.07 Å². The van der Waals surface area contributed by atoms with Crippen molar-refractivity contribution in [2.24, 2.45) is 28.9 Å². The van der Waals surface area contributed by atoms with Gasteiger partial charge in [-0.3, -0.25) is 0 Å². The van der Waals surface area contributed by atoms with Crippen molar-refractivity contribution in [2.75, 3.05) is 19.6 Å². The summed E-state index contributed by atoms with van der Waals surface area (Å²) in [5, 5.41) is 9.15. The summed E-state index contributed by atoms with van der Waals surface area (Å²) in [5.41, 5.74) is 6.18. The molecule has 3 heteroatoms. The van der Waals surface area contributed by atoms with Gasteiger partial charge < -0.3 is 10.6 Å². The van der Waals surface area contributed by atoms with Crippen LogP contribution in [-0.4, -0.2) is 30.1 Å². The molecule has 5 fully saturated rings. The molecule has 0 unspecified atom stereocenters. The highest BCUT2D eigenvalue weighted by atomic mass is 15.1. The van der Waals surface area contributed by atoms with Crippen molar-refractivity contribution in [3.8, 4) is 6.07 Å². The summed E-state index contributed by atoms with van der Waals surface area (Å²) < 4.78 is 0. The highest BCUT2D eigenvalue weighted by molar-refractivity contribution is 5.08. The van der Waals surface area contributed by atoms with Crippen molar-refractivity contribution in [2.45, 2.75) is 56.9 Å². The summed E-state index contributed by atoms with van der Waals surface area (Å²) in [6.45, 7) is 3.36. The second kappa shape index (κ2) is 4.45. The van der Waals surface area contributed by atoms with Crippen LogP contribution >= 0.6 is 0 Å². The zero-order valence-corrected chi connectivity index (χ0v) is 12.5. The minimum atomic E-state index is -0.544. The molecular weight excluding hydrogens is 246 g/mol. The van der Waals surface area contributed by atoms with Crippen LogP contribution in [-0.2, 0) is 0 Å². The van der Waals surface area contributed by atoms with E-state index in [1.54, 1.807) is 0 Å². The van der Waals surface area contributed by atoms with Gasteiger partial charge in [-0.1, -0.05) is 0 Å². The van der Waals surface area contributed by atoms with Crippen LogP contribution in [0.25, 0.3) is 0 Å². The molecule has 2 N–H and O–H groups in total. The Balaban J connectivity index is 1.42. The number of likely N-dealkylation sites (tertiary alicyclic amines) is 1. The quantitative estimate of drug-likeness (QED) is 0.841. The molecule has 0 atom stereocenters. The van der Waals surface area contributed by atoms with Gasteiger partial charge in [-0.2, -0.15) is 5.26 Å².